The molecule has 1 atom stereocenters. The fourth-order valence-electron chi connectivity index (χ4n) is 1.47. The quantitative estimate of drug-likeness (QED) is 0.713. The summed E-state index contributed by atoms with van der Waals surface area (Å²) in [7, 11) is 0. The first-order valence-electron chi connectivity index (χ1n) is 5.35. The van der Waals surface area contributed by atoms with E-state index < -0.39 is 0 Å². The van der Waals surface area contributed by atoms with E-state index in [4.69, 9.17) is 5.11 Å². The summed E-state index contributed by atoms with van der Waals surface area (Å²) in [5.74, 6) is -0.165. The van der Waals surface area contributed by atoms with Crippen molar-refractivity contribution in [3.8, 4) is 0 Å². The highest BCUT2D eigenvalue weighted by Crippen LogP contribution is 2.21. The van der Waals surface area contributed by atoms with Gasteiger partial charge in [0.05, 0.1) is 11.8 Å². The van der Waals surface area contributed by atoms with Crippen LogP contribution in [0, 0.1) is 5.41 Å². The number of nitrogens with zero attached hydrogens (tertiary/aromatic N) is 1. The number of hydrogen-bond donors (Lipinski definition) is 3. The molecule has 3 N–H and O–H groups in total. The van der Waals surface area contributed by atoms with Gasteiger partial charge in [0.1, 0.15) is 0 Å². The summed E-state index contributed by atoms with van der Waals surface area (Å²) in [4.78, 5) is 11.8. The largest absolute Gasteiger partial charge is 0.396 e. The molecule has 1 heterocycles. The lowest BCUT2D eigenvalue weighted by atomic mass is 9.85. The average molecular weight is 225 g/mol. The van der Waals surface area contributed by atoms with Gasteiger partial charge in [0.25, 0.3) is 5.91 Å². The third kappa shape index (κ3) is 3.34. The fraction of sp³-hybridized carbons (Fsp3) is 0.636. The molecule has 5 nitrogen and oxygen atoms in total. The maximum absolute atomic E-state index is 11.8. The summed E-state index contributed by atoms with van der Waals surface area (Å²) in [5.41, 5.74) is 0.425. The van der Waals surface area contributed by atoms with Gasteiger partial charge in [-0.25, -0.2) is 0 Å². The lowest BCUT2D eigenvalue weighted by Gasteiger charge is -2.30. The zero-order valence-corrected chi connectivity index (χ0v) is 9.95. The van der Waals surface area contributed by atoms with Crippen LogP contribution in [0.15, 0.2) is 12.4 Å². The van der Waals surface area contributed by atoms with Crippen LogP contribution in [0.4, 0.5) is 0 Å². The number of nitrogens with one attached hydrogen (secondary N) is 2. The molecule has 1 unspecified atom stereocenters. The number of aromatic nitrogens is 2. The Hall–Kier alpha value is -1.36. The first-order valence-corrected chi connectivity index (χ1v) is 5.35. The Morgan fingerprint density at radius 2 is 2.31 bits per heavy atom. The van der Waals surface area contributed by atoms with Crippen LogP contribution in [0.25, 0.3) is 0 Å². The van der Waals surface area contributed by atoms with Crippen molar-refractivity contribution in [2.75, 3.05) is 6.61 Å². The molecule has 0 saturated heterocycles. The van der Waals surface area contributed by atoms with E-state index in [9.17, 15) is 4.79 Å². The van der Waals surface area contributed by atoms with E-state index in [1.54, 1.807) is 6.20 Å². The van der Waals surface area contributed by atoms with Gasteiger partial charge < -0.3 is 10.4 Å². The molecule has 0 aromatic carbocycles. The lowest BCUT2D eigenvalue weighted by Crippen LogP contribution is -2.44. The van der Waals surface area contributed by atoms with Crippen molar-refractivity contribution < 1.29 is 9.90 Å². The fourth-order valence-corrected chi connectivity index (χ4v) is 1.47. The molecule has 0 spiro atoms. The smallest absolute Gasteiger partial charge is 0.254 e. The molecule has 0 aliphatic rings. The van der Waals surface area contributed by atoms with E-state index in [2.05, 4.69) is 15.5 Å². The standard InChI is InChI=1S/C11H19N3O2/c1-11(2,3)9(4-5-15)14-10(16)8-6-12-13-7-8/h6-7,9,15H,4-5H2,1-3H3,(H,12,13)(H,14,16). The Morgan fingerprint density at radius 1 is 1.62 bits per heavy atom. The molecule has 1 amide bonds. The second-order valence-corrected chi connectivity index (χ2v) is 4.89. The van der Waals surface area contributed by atoms with Gasteiger partial charge in [-0.15, -0.1) is 0 Å². The van der Waals surface area contributed by atoms with Crippen LogP contribution in [-0.4, -0.2) is 33.9 Å². The Morgan fingerprint density at radius 3 is 2.75 bits per heavy atom. The van der Waals surface area contributed by atoms with E-state index in [1.165, 1.54) is 6.20 Å². The molecule has 0 aliphatic heterocycles. The van der Waals surface area contributed by atoms with Crippen LogP contribution in [-0.2, 0) is 0 Å². The van der Waals surface area contributed by atoms with Crippen molar-refractivity contribution in [3.63, 3.8) is 0 Å². The summed E-state index contributed by atoms with van der Waals surface area (Å²) in [6, 6.07) is -0.0556. The Labute approximate surface area is 95.3 Å². The van der Waals surface area contributed by atoms with Crippen LogP contribution in [0.5, 0.6) is 0 Å². The summed E-state index contributed by atoms with van der Waals surface area (Å²) in [6.07, 6.45) is 3.58. The predicted molar refractivity (Wildman–Crippen MR) is 61.0 cm³/mol. The topological polar surface area (TPSA) is 78.0 Å². The summed E-state index contributed by atoms with van der Waals surface area (Å²) < 4.78 is 0. The van der Waals surface area contributed by atoms with Gasteiger partial charge in [-0.2, -0.15) is 5.10 Å². The Kier molecular flexibility index (Phi) is 4.06. The minimum absolute atomic E-state index is 0.0556. The van der Waals surface area contributed by atoms with Crippen LogP contribution < -0.4 is 5.32 Å². The zero-order valence-electron chi connectivity index (χ0n) is 9.95. The Bertz CT molecular complexity index is 327. The molecule has 0 radical (unpaired) electrons. The number of carbonyl (C=O) groups excluding carboxylic acids is 1. The van der Waals surface area contributed by atoms with Gasteiger partial charge in [-0.3, -0.25) is 9.89 Å². The number of amides is 1. The Balaban J connectivity index is 2.66. The van der Waals surface area contributed by atoms with Crippen LogP contribution in [0.1, 0.15) is 37.6 Å². The normalized spacial score (nSPS) is 13.5. The van der Waals surface area contributed by atoms with Crippen molar-refractivity contribution in [1.82, 2.24) is 15.5 Å². The molecule has 0 bridgehead atoms. The van der Waals surface area contributed by atoms with Gasteiger partial charge in [0.15, 0.2) is 0 Å². The molecule has 0 saturated carbocycles. The highest BCUT2D eigenvalue weighted by molar-refractivity contribution is 5.93. The molecular formula is C11H19N3O2. The van der Waals surface area contributed by atoms with E-state index in [0.29, 0.717) is 12.0 Å². The molecule has 0 aliphatic carbocycles. The van der Waals surface area contributed by atoms with Gasteiger partial charge >= 0.3 is 0 Å². The van der Waals surface area contributed by atoms with Gasteiger partial charge in [-0.05, 0) is 11.8 Å². The number of hydrogen-bond acceptors (Lipinski definition) is 3. The number of aromatic amines is 1. The molecule has 1 rings (SSSR count). The molecular weight excluding hydrogens is 206 g/mol. The monoisotopic (exact) mass is 225 g/mol. The first kappa shape index (κ1) is 12.7. The summed E-state index contributed by atoms with van der Waals surface area (Å²) in [6.45, 7) is 6.16. The molecule has 0 fully saturated rings. The number of rotatable bonds is 4. The first-order chi connectivity index (χ1) is 7.45. The maximum atomic E-state index is 11.8. The third-order valence-corrected chi connectivity index (χ3v) is 2.53. The van der Waals surface area contributed by atoms with Crippen LogP contribution >= 0.6 is 0 Å². The van der Waals surface area contributed by atoms with E-state index >= 15 is 0 Å². The van der Waals surface area contributed by atoms with Crippen molar-refractivity contribution in [2.24, 2.45) is 5.41 Å². The SMILES string of the molecule is CC(C)(C)C(CCO)NC(=O)c1cn[nH]c1. The average Bonchev–Trinajstić information content (AvgIpc) is 2.68. The van der Waals surface area contributed by atoms with E-state index in [-0.39, 0.29) is 24.0 Å². The number of carbonyl (C=O) groups is 1. The zero-order chi connectivity index (χ0) is 12.2. The van der Waals surface area contributed by atoms with Gasteiger partial charge in [0, 0.05) is 18.8 Å². The lowest BCUT2D eigenvalue weighted by molar-refractivity contribution is 0.0885. The minimum Gasteiger partial charge on any atom is -0.396 e. The van der Waals surface area contributed by atoms with Gasteiger partial charge in [0.2, 0.25) is 0 Å². The summed E-state index contributed by atoms with van der Waals surface area (Å²) >= 11 is 0. The minimum atomic E-state index is -0.165. The highest BCUT2D eigenvalue weighted by atomic mass is 16.3. The van der Waals surface area contributed by atoms with Crippen molar-refractivity contribution in [2.45, 2.75) is 33.2 Å². The molecule has 90 valence electrons. The number of aliphatic hydroxyl groups excluding tert-OH is 1. The third-order valence-electron chi connectivity index (χ3n) is 2.53. The second kappa shape index (κ2) is 5.12. The van der Waals surface area contributed by atoms with Crippen LogP contribution in [0.2, 0.25) is 0 Å². The van der Waals surface area contributed by atoms with E-state index in [0.717, 1.165) is 0 Å². The van der Waals surface area contributed by atoms with Gasteiger partial charge in [-0.1, -0.05) is 20.8 Å². The highest BCUT2D eigenvalue weighted by Gasteiger charge is 2.26. The maximum Gasteiger partial charge on any atom is 0.254 e. The molecule has 1 aromatic rings. The second-order valence-electron chi connectivity index (χ2n) is 4.89. The van der Waals surface area contributed by atoms with Crippen molar-refractivity contribution in [1.29, 1.82) is 0 Å². The van der Waals surface area contributed by atoms with Crippen molar-refractivity contribution >= 4 is 5.91 Å². The predicted octanol–water partition coefficient (Wildman–Crippen LogP) is 0.937. The number of H-pyrrole nitrogens is 1. The van der Waals surface area contributed by atoms with Crippen molar-refractivity contribution in [3.05, 3.63) is 18.0 Å². The molecule has 16 heavy (non-hydrogen) atoms. The summed E-state index contributed by atoms with van der Waals surface area (Å²) in [5, 5.41) is 18.2. The molecule has 1 aromatic heterocycles. The van der Waals surface area contributed by atoms with E-state index in [1.807, 2.05) is 20.8 Å². The number of aliphatic hydroxyl groups is 1. The van der Waals surface area contributed by atoms with Crippen LogP contribution in [0.3, 0.4) is 0 Å². The molecule has 5 heteroatoms.